The lowest BCUT2D eigenvalue weighted by atomic mass is 9.88. The van der Waals surface area contributed by atoms with Gasteiger partial charge >= 0.3 is 0 Å². The van der Waals surface area contributed by atoms with E-state index in [0.29, 0.717) is 6.42 Å². The third-order valence-corrected chi connectivity index (χ3v) is 2.91. The maximum atomic E-state index is 13.8. The largest absolute Gasteiger partial charge is 0.350 e. The van der Waals surface area contributed by atoms with Crippen molar-refractivity contribution < 1.29 is 13.6 Å². The molecule has 0 spiro atoms. The van der Waals surface area contributed by atoms with Gasteiger partial charge in [-0.1, -0.05) is 26.8 Å². The van der Waals surface area contributed by atoms with E-state index in [4.69, 9.17) is 5.73 Å². The number of benzene rings is 1. The van der Waals surface area contributed by atoms with Crippen molar-refractivity contribution in [1.29, 1.82) is 0 Å². The number of carbonyl (C=O) groups excluding carboxylic acids is 1. The summed E-state index contributed by atoms with van der Waals surface area (Å²) in [7, 11) is 0. The fraction of sp³-hybridized carbons (Fsp3) is 0.533. The van der Waals surface area contributed by atoms with Crippen LogP contribution in [0.5, 0.6) is 0 Å². The van der Waals surface area contributed by atoms with E-state index in [2.05, 4.69) is 5.32 Å². The maximum absolute atomic E-state index is 13.8. The standard InChI is InChI=1S/C15H22F2N2O/c1-9-5-6-11(16)12(13(9)17)14(20)19-8-10(18)7-15(2,3)4/h5-6,10H,7-8,18H2,1-4H3,(H,19,20). The molecule has 1 rings (SSSR count). The Hall–Kier alpha value is -1.49. The predicted molar refractivity (Wildman–Crippen MR) is 75.5 cm³/mol. The van der Waals surface area contributed by atoms with E-state index in [9.17, 15) is 13.6 Å². The first-order chi connectivity index (χ1) is 9.11. The zero-order chi connectivity index (χ0) is 15.5. The molecule has 1 aromatic carbocycles. The summed E-state index contributed by atoms with van der Waals surface area (Å²) in [6.45, 7) is 7.78. The average molecular weight is 284 g/mol. The van der Waals surface area contributed by atoms with E-state index >= 15 is 0 Å². The fourth-order valence-corrected chi connectivity index (χ4v) is 2.04. The van der Waals surface area contributed by atoms with Crippen LogP contribution in [0.3, 0.4) is 0 Å². The number of halogens is 2. The molecule has 0 aliphatic rings. The van der Waals surface area contributed by atoms with Crippen molar-refractivity contribution in [3.05, 3.63) is 34.9 Å². The second-order valence-corrected chi connectivity index (χ2v) is 6.29. The normalized spacial score (nSPS) is 13.2. The summed E-state index contributed by atoms with van der Waals surface area (Å²) in [6, 6.07) is 2.13. The molecule has 1 atom stereocenters. The van der Waals surface area contributed by atoms with Crippen molar-refractivity contribution in [2.45, 2.75) is 40.2 Å². The van der Waals surface area contributed by atoms with Gasteiger partial charge in [0.25, 0.3) is 5.91 Å². The highest BCUT2D eigenvalue weighted by Gasteiger charge is 2.21. The number of nitrogens with two attached hydrogens (primary N) is 1. The van der Waals surface area contributed by atoms with E-state index in [1.807, 2.05) is 20.8 Å². The molecular formula is C15H22F2N2O. The summed E-state index contributed by atoms with van der Waals surface area (Å²) in [4.78, 5) is 11.9. The van der Waals surface area contributed by atoms with E-state index in [1.54, 1.807) is 0 Å². The summed E-state index contributed by atoms with van der Waals surface area (Å²) in [5.74, 6) is -2.46. The molecule has 0 aliphatic heterocycles. The van der Waals surface area contributed by atoms with Crippen LogP contribution in [0, 0.1) is 24.0 Å². The molecule has 1 aromatic rings. The third-order valence-electron chi connectivity index (χ3n) is 2.91. The monoisotopic (exact) mass is 284 g/mol. The van der Waals surface area contributed by atoms with Gasteiger partial charge in [0.05, 0.1) is 0 Å². The summed E-state index contributed by atoms with van der Waals surface area (Å²) in [5, 5.41) is 2.49. The number of nitrogens with one attached hydrogen (secondary N) is 1. The van der Waals surface area contributed by atoms with Crippen molar-refractivity contribution in [1.82, 2.24) is 5.32 Å². The lowest BCUT2D eigenvalue weighted by molar-refractivity contribution is 0.0940. The molecule has 112 valence electrons. The molecule has 1 amide bonds. The summed E-state index contributed by atoms with van der Waals surface area (Å²) >= 11 is 0. The van der Waals surface area contributed by atoms with Crippen LogP contribution in [0.1, 0.15) is 43.1 Å². The molecule has 20 heavy (non-hydrogen) atoms. The number of amides is 1. The number of hydrogen-bond acceptors (Lipinski definition) is 2. The van der Waals surface area contributed by atoms with E-state index in [-0.39, 0.29) is 23.6 Å². The van der Waals surface area contributed by atoms with E-state index in [1.165, 1.54) is 13.0 Å². The Morgan fingerprint density at radius 3 is 2.50 bits per heavy atom. The topological polar surface area (TPSA) is 55.1 Å². The van der Waals surface area contributed by atoms with E-state index in [0.717, 1.165) is 6.07 Å². The predicted octanol–water partition coefficient (Wildman–Crippen LogP) is 2.77. The summed E-state index contributed by atoms with van der Waals surface area (Å²) in [6.07, 6.45) is 0.700. The van der Waals surface area contributed by atoms with Gasteiger partial charge in [-0.2, -0.15) is 0 Å². The zero-order valence-electron chi connectivity index (χ0n) is 12.4. The van der Waals surface area contributed by atoms with Gasteiger partial charge in [0.2, 0.25) is 0 Å². The van der Waals surface area contributed by atoms with E-state index < -0.39 is 23.1 Å². The Labute approximate surface area is 118 Å². The van der Waals surface area contributed by atoms with Crippen LogP contribution >= 0.6 is 0 Å². The van der Waals surface area contributed by atoms with Gasteiger partial charge in [0.15, 0.2) is 0 Å². The molecule has 3 N–H and O–H groups in total. The number of carbonyl (C=O) groups is 1. The van der Waals surface area contributed by atoms with Crippen LogP contribution in [0.2, 0.25) is 0 Å². The number of rotatable bonds is 4. The number of hydrogen-bond donors (Lipinski definition) is 2. The molecule has 0 aromatic heterocycles. The first-order valence-corrected chi connectivity index (χ1v) is 6.60. The van der Waals surface area contributed by atoms with Gasteiger partial charge < -0.3 is 11.1 Å². The summed E-state index contributed by atoms with van der Waals surface area (Å²) < 4.78 is 27.3. The van der Waals surface area contributed by atoms with Crippen molar-refractivity contribution in [3.8, 4) is 0 Å². The molecule has 5 heteroatoms. The highest BCUT2D eigenvalue weighted by molar-refractivity contribution is 5.95. The minimum Gasteiger partial charge on any atom is -0.350 e. The van der Waals surface area contributed by atoms with Crippen LogP contribution in [-0.2, 0) is 0 Å². The quantitative estimate of drug-likeness (QED) is 0.893. The van der Waals surface area contributed by atoms with Gasteiger partial charge in [-0.25, -0.2) is 8.78 Å². The lowest BCUT2D eigenvalue weighted by Gasteiger charge is -2.23. The molecule has 0 radical (unpaired) electrons. The lowest BCUT2D eigenvalue weighted by Crippen LogP contribution is -2.40. The molecule has 3 nitrogen and oxygen atoms in total. The molecule has 0 aliphatic carbocycles. The van der Waals surface area contributed by atoms with Gasteiger partial charge in [-0.05, 0) is 30.4 Å². The van der Waals surface area contributed by atoms with Gasteiger partial charge in [0, 0.05) is 12.6 Å². The Kier molecular flexibility index (Phi) is 5.22. The fourth-order valence-electron chi connectivity index (χ4n) is 2.04. The van der Waals surface area contributed by atoms with Crippen LogP contribution in [-0.4, -0.2) is 18.5 Å². The Bertz CT molecular complexity index is 495. The molecule has 0 heterocycles. The SMILES string of the molecule is Cc1ccc(F)c(C(=O)NCC(N)CC(C)(C)C)c1F. The average Bonchev–Trinajstić information content (AvgIpc) is 2.30. The maximum Gasteiger partial charge on any atom is 0.257 e. The number of aryl methyl sites for hydroxylation is 1. The minimum atomic E-state index is -0.866. The van der Waals surface area contributed by atoms with Crippen molar-refractivity contribution in [2.24, 2.45) is 11.1 Å². The Balaban J connectivity index is 2.71. The molecular weight excluding hydrogens is 262 g/mol. The molecule has 0 saturated carbocycles. The second-order valence-electron chi connectivity index (χ2n) is 6.29. The first-order valence-electron chi connectivity index (χ1n) is 6.60. The van der Waals surface area contributed by atoms with Crippen LogP contribution in [0.25, 0.3) is 0 Å². The molecule has 0 saturated heterocycles. The van der Waals surface area contributed by atoms with Crippen molar-refractivity contribution >= 4 is 5.91 Å². The summed E-state index contributed by atoms with van der Waals surface area (Å²) in [5.41, 5.74) is 5.61. The van der Waals surface area contributed by atoms with Crippen LogP contribution < -0.4 is 11.1 Å². The van der Waals surface area contributed by atoms with Crippen molar-refractivity contribution in [3.63, 3.8) is 0 Å². The van der Waals surface area contributed by atoms with Gasteiger partial charge in [-0.15, -0.1) is 0 Å². The molecule has 0 fully saturated rings. The van der Waals surface area contributed by atoms with Crippen LogP contribution in [0.15, 0.2) is 12.1 Å². The third kappa shape index (κ3) is 4.56. The molecule has 0 bridgehead atoms. The second kappa shape index (κ2) is 6.31. The zero-order valence-corrected chi connectivity index (χ0v) is 12.4. The highest BCUT2D eigenvalue weighted by Crippen LogP contribution is 2.20. The smallest absolute Gasteiger partial charge is 0.257 e. The Morgan fingerprint density at radius 2 is 1.95 bits per heavy atom. The highest BCUT2D eigenvalue weighted by atomic mass is 19.1. The van der Waals surface area contributed by atoms with Crippen molar-refractivity contribution in [2.75, 3.05) is 6.54 Å². The van der Waals surface area contributed by atoms with Gasteiger partial charge in [-0.3, -0.25) is 4.79 Å². The first kappa shape index (κ1) is 16.6. The molecule has 1 unspecified atom stereocenters. The van der Waals surface area contributed by atoms with Crippen LogP contribution in [0.4, 0.5) is 8.78 Å². The van der Waals surface area contributed by atoms with Gasteiger partial charge in [0.1, 0.15) is 17.2 Å². The Morgan fingerprint density at radius 1 is 1.35 bits per heavy atom. The minimum absolute atomic E-state index is 0.0317.